The third-order valence-electron chi connectivity index (χ3n) is 2.61. The molecular weight excluding hydrogens is 248 g/mol. The number of nitro groups is 1. The van der Waals surface area contributed by atoms with Gasteiger partial charge in [-0.15, -0.1) is 0 Å². The zero-order valence-corrected chi connectivity index (χ0v) is 10.2. The number of aromatic nitrogens is 1. The van der Waals surface area contributed by atoms with Crippen molar-refractivity contribution in [1.29, 1.82) is 0 Å². The van der Waals surface area contributed by atoms with Crippen LogP contribution in [0.1, 0.15) is 11.1 Å². The second-order valence-electron chi connectivity index (χ2n) is 3.91. The summed E-state index contributed by atoms with van der Waals surface area (Å²) in [6.07, 6.45) is 1.50. The molecule has 0 spiro atoms. The molecular formula is C13H12N2O4. The Hall–Kier alpha value is -2.47. The second kappa shape index (κ2) is 5.45. The number of nitro benzene ring substituents is 1. The highest BCUT2D eigenvalue weighted by atomic mass is 16.6. The number of para-hydroxylation sites is 1. The summed E-state index contributed by atoms with van der Waals surface area (Å²) in [6, 6.07) is 8.10. The zero-order chi connectivity index (χ0) is 13.8. The van der Waals surface area contributed by atoms with E-state index in [1.165, 1.54) is 12.3 Å². The van der Waals surface area contributed by atoms with Gasteiger partial charge >= 0.3 is 5.69 Å². The Labute approximate surface area is 109 Å². The first-order chi connectivity index (χ1) is 9.13. The summed E-state index contributed by atoms with van der Waals surface area (Å²) in [5.41, 5.74) is 0.874. The molecule has 0 aliphatic carbocycles. The van der Waals surface area contributed by atoms with Crippen molar-refractivity contribution in [1.82, 2.24) is 4.98 Å². The molecule has 98 valence electrons. The molecule has 19 heavy (non-hydrogen) atoms. The maximum Gasteiger partial charge on any atom is 0.314 e. The predicted octanol–water partition coefficient (Wildman–Crippen LogP) is 2.58. The van der Waals surface area contributed by atoms with Gasteiger partial charge in [-0.1, -0.05) is 12.1 Å². The molecule has 0 aliphatic heterocycles. The molecule has 1 aromatic carbocycles. The zero-order valence-electron chi connectivity index (χ0n) is 10.2. The second-order valence-corrected chi connectivity index (χ2v) is 3.91. The van der Waals surface area contributed by atoms with Crippen LogP contribution >= 0.6 is 0 Å². The molecule has 0 unspecified atom stereocenters. The molecule has 6 nitrogen and oxygen atoms in total. The summed E-state index contributed by atoms with van der Waals surface area (Å²) in [5.74, 6) is 0.275. The van der Waals surface area contributed by atoms with Crippen LogP contribution in [-0.2, 0) is 6.61 Å². The van der Waals surface area contributed by atoms with Crippen LogP contribution < -0.4 is 4.74 Å². The number of benzene rings is 1. The topological polar surface area (TPSA) is 85.5 Å². The van der Waals surface area contributed by atoms with Crippen LogP contribution in [0.15, 0.2) is 36.5 Å². The number of hydrogen-bond donors (Lipinski definition) is 1. The maximum atomic E-state index is 11.0. The van der Waals surface area contributed by atoms with Crippen molar-refractivity contribution in [2.45, 2.75) is 13.5 Å². The molecule has 2 rings (SSSR count). The minimum absolute atomic E-state index is 0.1000. The van der Waals surface area contributed by atoms with Gasteiger partial charge in [0.2, 0.25) is 11.6 Å². The lowest BCUT2D eigenvalue weighted by atomic mass is 10.2. The van der Waals surface area contributed by atoms with Crippen molar-refractivity contribution in [3.05, 3.63) is 57.8 Å². The van der Waals surface area contributed by atoms with Gasteiger partial charge in [0.05, 0.1) is 11.5 Å². The van der Waals surface area contributed by atoms with E-state index in [0.29, 0.717) is 11.1 Å². The van der Waals surface area contributed by atoms with Crippen molar-refractivity contribution in [3.63, 3.8) is 0 Å². The van der Waals surface area contributed by atoms with Gasteiger partial charge in [0, 0.05) is 17.3 Å². The van der Waals surface area contributed by atoms with E-state index in [4.69, 9.17) is 4.74 Å². The number of aryl methyl sites for hydroxylation is 1. The normalized spacial score (nSPS) is 10.2. The van der Waals surface area contributed by atoms with Crippen molar-refractivity contribution < 1.29 is 14.8 Å². The van der Waals surface area contributed by atoms with E-state index < -0.39 is 4.92 Å². The number of aliphatic hydroxyl groups is 1. The van der Waals surface area contributed by atoms with E-state index in [2.05, 4.69) is 4.98 Å². The Bertz CT molecular complexity index is 613. The van der Waals surface area contributed by atoms with Gasteiger partial charge in [-0.25, -0.2) is 4.98 Å². The molecule has 1 N–H and O–H groups in total. The van der Waals surface area contributed by atoms with E-state index >= 15 is 0 Å². The molecule has 0 aliphatic rings. The van der Waals surface area contributed by atoms with Gasteiger partial charge < -0.3 is 9.84 Å². The average molecular weight is 260 g/mol. The lowest BCUT2D eigenvalue weighted by molar-refractivity contribution is -0.386. The molecule has 0 fully saturated rings. The van der Waals surface area contributed by atoms with Crippen LogP contribution in [-0.4, -0.2) is 15.0 Å². The smallest absolute Gasteiger partial charge is 0.314 e. The summed E-state index contributed by atoms with van der Waals surface area (Å²) in [5, 5.41) is 20.2. The monoisotopic (exact) mass is 260 g/mol. The molecule has 0 bridgehead atoms. The number of ether oxygens (including phenoxy) is 1. The van der Waals surface area contributed by atoms with Gasteiger partial charge in [0.25, 0.3) is 0 Å². The number of aliphatic hydroxyl groups excluding tert-OH is 1. The standard InChI is InChI=1S/C13H12N2O4/c1-9-4-2-6-11(12(9)15(17)18)19-13-10(8-16)5-3-7-14-13/h2-7,16H,8H2,1H3. The summed E-state index contributed by atoms with van der Waals surface area (Å²) in [6.45, 7) is 1.39. The fourth-order valence-electron chi connectivity index (χ4n) is 1.69. The summed E-state index contributed by atoms with van der Waals surface area (Å²) in [4.78, 5) is 14.5. The minimum atomic E-state index is -0.494. The highest BCUT2D eigenvalue weighted by Gasteiger charge is 2.19. The molecule has 1 aromatic heterocycles. The van der Waals surface area contributed by atoms with Crippen LogP contribution in [0.25, 0.3) is 0 Å². The first-order valence-corrected chi connectivity index (χ1v) is 5.60. The first kappa shape index (κ1) is 13.0. The van der Waals surface area contributed by atoms with Crippen LogP contribution in [0.2, 0.25) is 0 Å². The van der Waals surface area contributed by atoms with Crippen LogP contribution in [0.5, 0.6) is 11.6 Å². The lowest BCUT2D eigenvalue weighted by Crippen LogP contribution is -1.99. The van der Waals surface area contributed by atoms with Gasteiger partial charge in [0.15, 0.2) is 0 Å². The van der Waals surface area contributed by atoms with E-state index in [1.807, 2.05) is 0 Å². The maximum absolute atomic E-state index is 11.0. The van der Waals surface area contributed by atoms with Gasteiger partial charge in [-0.3, -0.25) is 10.1 Å². The van der Waals surface area contributed by atoms with E-state index in [1.54, 1.807) is 31.2 Å². The molecule has 6 heteroatoms. The molecule has 0 radical (unpaired) electrons. The summed E-state index contributed by atoms with van der Waals surface area (Å²) >= 11 is 0. The Morgan fingerprint density at radius 3 is 2.84 bits per heavy atom. The number of pyridine rings is 1. The average Bonchev–Trinajstić information content (AvgIpc) is 2.39. The van der Waals surface area contributed by atoms with Crippen LogP contribution in [0, 0.1) is 17.0 Å². The highest BCUT2D eigenvalue weighted by Crippen LogP contribution is 2.34. The first-order valence-electron chi connectivity index (χ1n) is 5.60. The quantitative estimate of drug-likeness (QED) is 0.674. The Balaban J connectivity index is 2.44. The van der Waals surface area contributed by atoms with Gasteiger partial charge in [0.1, 0.15) is 0 Å². The fraction of sp³-hybridized carbons (Fsp3) is 0.154. The summed E-state index contributed by atoms with van der Waals surface area (Å²) < 4.78 is 5.46. The van der Waals surface area contributed by atoms with Crippen molar-refractivity contribution in [2.75, 3.05) is 0 Å². The third-order valence-corrected chi connectivity index (χ3v) is 2.61. The van der Waals surface area contributed by atoms with Gasteiger partial charge in [-0.2, -0.15) is 0 Å². The van der Waals surface area contributed by atoms with Crippen LogP contribution in [0.3, 0.4) is 0 Å². The largest absolute Gasteiger partial charge is 0.431 e. The van der Waals surface area contributed by atoms with Crippen molar-refractivity contribution in [3.8, 4) is 11.6 Å². The predicted molar refractivity (Wildman–Crippen MR) is 68.1 cm³/mol. The number of rotatable bonds is 4. The van der Waals surface area contributed by atoms with E-state index in [9.17, 15) is 15.2 Å². The Morgan fingerprint density at radius 1 is 1.37 bits per heavy atom. The Morgan fingerprint density at radius 2 is 2.16 bits per heavy atom. The van der Waals surface area contributed by atoms with E-state index in [0.717, 1.165) is 0 Å². The minimum Gasteiger partial charge on any atom is -0.431 e. The van der Waals surface area contributed by atoms with Crippen LogP contribution in [0.4, 0.5) is 5.69 Å². The Kier molecular flexibility index (Phi) is 3.72. The molecule has 0 saturated carbocycles. The molecule has 0 atom stereocenters. The van der Waals surface area contributed by atoms with Crippen molar-refractivity contribution in [2.24, 2.45) is 0 Å². The lowest BCUT2D eigenvalue weighted by Gasteiger charge is -2.09. The molecule has 0 saturated heterocycles. The molecule has 0 amide bonds. The highest BCUT2D eigenvalue weighted by molar-refractivity contribution is 5.53. The van der Waals surface area contributed by atoms with Gasteiger partial charge in [-0.05, 0) is 25.1 Å². The molecule has 2 aromatic rings. The number of nitrogens with zero attached hydrogens (tertiary/aromatic N) is 2. The third kappa shape index (κ3) is 2.69. The SMILES string of the molecule is Cc1cccc(Oc2ncccc2CO)c1[N+](=O)[O-]. The van der Waals surface area contributed by atoms with Crippen molar-refractivity contribution >= 4 is 5.69 Å². The fourth-order valence-corrected chi connectivity index (χ4v) is 1.69. The molecule has 1 heterocycles. The number of hydrogen-bond acceptors (Lipinski definition) is 5. The summed E-state index contributed by atoms with van der Waals surface area (Å²) in [7, 11) is 0. The van der Waals surface area contributed by atoms with E-state index in [-0.39, 0.29) is 23.9 Å².